The van der Waals surface area contributed by atoms with Crippen molar-refractivity contribution in [1.29, 1.82) is 0 Å². The van der Waals surface area contributed by atoms with Crippen molar-refractivity contribution in [3.63, 3.8) is 0 Å². The maximum Gasteiger partial charge on any atom is 0.338 e. The fourth-order valence-electron chi connectivity index (χ4n) is 1.16. The van der Waals surface area contributed by atoms with E-state index in [0.717, 1.165) is 0 Å². The summed E-state index contributed by atoms with van der Waals surface area (Å²) in [5, 5.41) is 15.3. The van der Waals surface area contributed by atoms with Gasteiger partial charge < -0.3 is 15.2 Å². The molecule has 0 spiro atoms. The van der Waals surface area contributed by atoms with E-state index in [1.807, 2.05) is 0 Å². The van der Waals surface area contributed by atoms with Crippen LogP contribution in [0.2, 0.25) is 0 Å². The summed E-state index contributed by atoms with van der Waals surface area (Å²) >= 11 is 2.08. The van der Waals surface area contributed by atoms with Crippen LogP contribution in [0.1, 0.15) is 10.4 Å². The van der Waals surface area contributed by atoms with Gasteiger partial charge in [-0.2, -0.15) is 0 Å². The SMILES string of the molecule is COC(=O)c1cc(O)cc(NCC#CSI)c1. The third-order valence-electron chi connectivity index (χ3n) is 1.83. The van der Waals surface area contributed by atoms with Crippen LogP contribution in [0.4, 0.5) is 5.69 Å². The lowest BCUT2D eigenvalue weighted by molar-refractivity contribution is 0.0600. The van der Waals surface area contributed by atoms with Crippen molar-refractivity contribution in [3.8, 4) is 16.9 Å². The van der Waals surface area contributed by atoms with Gasteiger partial charge in [-0.1, -0.05) is 5.92 Å². The first-order valence-corrected chi connectivity index (χ1v) is 7.95. The minimum Gasteiger partial charge on any atom is -0.508 e. The number of hydrogen-bond acceptors (Lipinski definition) is 5. The van der Waals surface area contributed by atoms with E-state index in [2.05, 4.69) is 42.4 Å². The second-order valence-electron chi connectivity index (χ2n) is 2.97. The van der Waals surface area contributed by atoms with Crippen LogP contribution < -0.4 is 5.32 Å². The van der Waals surface area contributed by atoms with Crippen molar-refractivity contribution in [1.82, 2.24) is 0 Å². The molecule has 2 N–H and O–H groups in total. The zero-order valence-corrected chi connectivity index (χ0v) is 12.0. The highest BCUT2D eigenvalue weighted by molar-refractivity contribution is 14.2. The van der Waals surface area contributed by atoms with Gasteiger partial charge in [-0.05, 0) is 26.3 Å². The number of benzene rings is 1. The zero-order valence-electron chi connectivity index (χ0n) is 8.99. The summed E-state index contributed by atoms with van der Waals surface area (Å²) in [4.78, 5) is 11.3. The van der Waals surface area contributed by atoms with Crippen LogP contribution in [-0.2, 0) is 4.74 Å². The number of methoxy groups -OCH3 is 1. The van der Waals surface area contributed by atoms with Gasteiger partial charge in [0.1, 0.15) is 5.75 Å². The van der Waals surface area contributed by atoms with Gasteiger partial charge >= 0.3 is 5.97 Å². The van der Waals surface area contributed by atoms with Gasteiger partial charge in [-0.25, -0.2) is 4.79 Å². The lowest BCUT2D eigenvalue weighted by Gasteiger charge is -2.06. The molecule has 0 saturated heterocycles. The lowest BCUT2D eigenvalue weighted by Crippen LogP contribution is -2.04. The molecule has 0 heterocycles. The highest BCUT2D eigenvalue weighted by atomic mass is 127. The number of carbonyl (C=O) groups is 1. The molecule has 0 radical (unpaired) electrons. The van der Waals surface area contributed by atoms with E-state index in [0.29, 0.717) is 17.8 Å². The number of phenols is 1. The van der Waals surface area contributed by atoms with Gasteiger partial charge in [0.2, 0.25) is 0 Å². The minimum atomic E-state index is -0.488. The first-order valence-electron chi connectivity index (χ1n) is 4.59. The van der Waals surface area contributed by atoms with Crippen LogP contribution in [-0.4, -0.2) is 24.7 Å². The van der Waals surface area contributed by atoms with E-state index in [9.17, 15) is 9.90 Å². The summed E-state index contributed by atoms with van der Waals surface area (Å²) < 4.78 is 4.58. The Balaban J connectivity index is 2.79. The van der Waals surface area contributed by atoms with Gasteiger partial charge in [0.05, 0.1) is 19.2 Å². The van der Waals surface area contributed by atoms with Crippen molar-refractivity contribution in [2.75, 3.05) is 19.0 Å². The predicted molar refractivity (Wildman–Crippen MR) is 77.3 cm³/mol. The Bertz CT molecular complexity index is 468. The molecule has 4 nitrogen and oxygen atoms in total. The van der Waals surface area contributed by atoms with Gasteiger partial charge in [0.15, 0.2) is 0 Å². The number of nitrogens with one attached hydrogen (secondary N) is 1. The second-order valence-corrected chi connectivity index (χ2v) is 4.65. The molecule has 0 aliphatic heterocycles. The summed E-state index contributed by atoms with van der Waals surface area (Å²) in [6, 6.07) is 4.47. The number of hydrogen-bond donors (Lipinski definition) is 2. The molecule has 1 aromatic rings. The van der Waals surface area contributed by atoms with Crippen LogP contribution in [0.25, 0.3) is 0 Å². The van der Waals surface area contributed by atoms with E-state index >= 15 is 0 Å². The van der Waals surface area contributed by atoms with Gasteiger partial charge in [-0.3, -0.25) is 0 Å². The molecule has 0 amide bonds. The number of rotatable bonds is 3. The molecule has 0 unspecified atom stereocenters. The number of carbonyl (C=O) groups excluding carboxylic acids is 1. The quantitative estimate of drug-likeness (QED) is 0.491. The molecule has 0 aliphatic carbocycles. The molecular formula is C11H10INO3S. The predicted octanol–water partition coefficient (Wildman–Crippen LogP) is 2.63. The summed E-state index contributed by atoms with van der Waals surface area (Å²) in [5.41, 5.74) is 0.921. The zero-order chi connectivity index (χ0) is 12.7. The molecule has 1 rings (SSSR count). The number of aromatic hydroxyl groups is 1. The van der Waals surface area contributed by atoms with Crippen LogP contribution in [0.3, 0.4) is 0 Å². The lowest BCUT2D eigenvalue weighted by atomic mass is 10.2. The fourth-order valence-corrected chi connectivity index (χ4v) is 1.75. The normalized spacial score (nSPS) is 9.06. The van der Waals surface area contributed by atoms with E-state index in [1.54, 1.807) is 6.07 Å². The summed E-state index contributed by atoms with van der Waals surface area (Å²) in [6.45, 7) is 0.445. The average molecular weight is 363 g/mol. The van der Waals surface area contributed by atoms with Crippen LogP contribution in [0.5, 0.6) is 5.75 Å². The first kappa shape index (κ1) is 14.0. The van der Waals surface area contributed by atoms with Crippen LogP contribution in [0.15, 0.2) is 18.2 Å². The Morgan fingerprint density at radius 3 is 3.00 bits per heavy atom. The highest BCUT2D eigenvalue weighted by Crippen LogP contribution is 2.20. The number of phenolic OH excluding ortho intramolecular Hbond substituents is 1. The Kier molecular flexibility index (Phi) is 6.00. The topological polar surface area (TPSA) is 58.6 Å². The summed E-state index contributed by atoms with van der Waals surface area (Å²) in [7, 11) is 2.69. The molecule has 1 aromatic carbocycles. The molecule has 0 fully saturated rings. The Morgan fingerprint density at radius 1 is 1.59 bits per heavy atom. The summed E-state index contributed by atoms with van der Waals surface area (Å²) in [6.07, 6.45) is 0. The van der Waals surface area contributed by atoms with Gasteiger partial charge in [0.25, 0.3) is 0 Å². The molecular weight excluding hydrogens is 353 g/mol. The number of esters is 1. The molecule has 17 heavy (non-hydrogen) atoms. The molecule has 0 saturated carbocycles. The van der Waals surface area contributed by atoms with Crippen molar-refractivity contribution in [2.45, 2.75) is 0 Å². The molecule has 90 valence electrons. The molecule has 0 aromatic heterocycles. The fraction of sp³-hybridized carbons (Fsp3) is 0.182. The Labute approximate surface area is 116 Å². The van der Waals surface area contributed by atoms with Gasteiger partial charge in [0, 0.05) is 33.0 Å². The third-order valence-corrected chi connectivity index (χ3v) is 2.71. The van der Waals surface area contributed by atoms with Gasteiger partial charge in [-0.15, -0.1) is 0 Å². The first-order chi connectivity index (χ1) is 8.17. The number of anilines is 1. The van der Waals surface area contributed by atoms with Crippen molar-refractivity contribution < 1.29 is 14.6 Å². The molecule has 0 aliphatic rings. The largest absolute Gasteiger partial charge is 0.508 e. The van der Waals surface area contributed by atoms with Crippen LogP contribution in [0, 0.1) is 11.2 Å². The second kappa shape index (κ2) is 7.29. The molecule has 6 heteroatoms. The average Bonchev–Trinajstić information content (AvgIpc) is 2.33. The maximum atomic E-state index is 11.3. The minimum absolute atomic E-state index is 0.00613. The van der Waals surface area contributed by atoms with Crippen molar-refractivity contribution in [3.05, 3.63) is 23.8 Å². The van der Waals surface area contributed by atoms with E-state index in [1.165, 1.54) is 28.2 Å². The highest BCUT2D eigenvalue weighted by Gasteiger charge is 2.07. The number of halogens is 1. The Morgan fingerprint density at radius 2 is 2.35 bits per heavy atom. The van der Waals surface area contributed by atoms with E-state index in [4.69, 9.17) is 0 Å². The molecule has 0 bridgehead atoms. The maximum absolute atomic E-state index is 11.3. The summed E-state index contributed by atoms with van der Waals surface area (Å²) in [5.74, 6) is 2.38. The standard InChI is InChI=1S/C11H10INO3S/c1-16-11(15)8-5-9(7-10(14)6-8)13-3-2-4-17-12/h5-7,13-14H,3H2,1H3. The van der Waals surface area contributed by atoms with Crippen LogP contribution >= 0.6 is 30.1 Å². The smallest absolute Gasteiger partial charge is 0.338 e. The number of ether oxygens (including phenoxy) is 1. The van der Waals surface area contributed by atoms with E-state index < -0.39 is 5.97 Å². The third kappa shape index (κ3) is 4.75. The van der Waals surface area contributed by atoms with Crippen molar-refractivity contribution in [2.24, 2.45) is 0 Å². The monoisotopic (exact) mass is 363 g/mol. The Hall–Kier alpha value is -1.07. The molecule has 0 atom stereocenters. The van der Waals surface area contributed by atoms with E-state index in [-0.39, 0.29) is 5.75 Å². The van der Waals surface area contributed by atoms with Crippen molar-refractivity contribution >= 4 is 41.8 Å².